The number of nitrogens with zero attached hydrogens (tertiary/aromatic N) is 4. The SMILES string of the molecule is C#CCn1nc(Cl)c2ccc(-c3nn(C)c(OC(F)F)c3Cl)cc21. The molecule has 0 spiro atoms. The summed E-state index contributed by atoms with van der Waals surface area (Å²) in [5.41, 5.74) is 1.59. The lowest BCUT2D eigenvalue weighted by Gasteiger charge is -2.04. The Balaban J connectivity index is 2.13. The van der Waals surface area contributed by atoms with Crippen LogP contribution in [0, 0.1) is 12.3 Å². The van der Waals surface area contributed by atoms with Gasteiger partial charge < -0.3 is 4.74 Å². The molecule has 1 aromatic carbocycles. The van der Waals surface area contributed by atoms with Crippen molar-refractivity contribution >= 4 is 34.1 Å². The standard InChI is InChI=1S/C15H10Cl2F2N4O/c1-3-6-23-10-7-8(4-5-9(10)13(17)21-23)12-11(16)14(22(2)20-12)24-15(18)19/h1,4-5,7,15H,6H2,2H3. The highest BCUT2D eigenvalue weighted by atomic mass is 35.5. The molecule has 0 aliphatic rings. The smallest absolute Gasteiger partial charge is 0.388 e. The molecule has 2 heterocycles. The first kappa shape index (κ1) is 16.6. The van der Waals surface area contributed by atoms with Crippen LogP contribution in [-0.4, -0.2) is 26.2 Å². The summed E-state index contributed by atoms with van der Waals surface area (Å²) in [6.45, 7) is -2.76. The third-order valence-corrected chi connectivity index (χ3v) is 3.98. The van der Waals surface area contributed by atoms with Gasteiger partial charge in [-0.25, -0.2) is 4.68 Å². The Labute approximate surface area is 145 Å². The second-order valence-electron chi connectivity index (χ2n) is 4.85. The number of ether oxygens (including phenoxy) is 1. The minimum Gasteiger partial charge on any atom is -0.416 e. The quantitative estimate of drug-likeness (QED) is 0.652. The fraction of sp³-hybridized carbons (Fsp3) is 0.200. The van der Waals surface area contributed by atoms with Crippen LogP contribution in [0.15, 0.2) is 18.2 Å². The predicted molar refractivity (Wildman–Crippen MR) is 87.4 cm³/mol. The lowest BCUT2D eigenvalue weighted by molar-refractivity contribution is -0.0552. The van der Waals surface area contributed by atoms with Crippen LogP contribution in [-0.2, 0) is 13.6 Å². The normalized spacial score (nSPS) is 11.2. The van der Waals surface area contributed by atoms with Crippen LogP contribution in [0.3, 0.4) is 0 Å². The molecule has 0 saturated heterocycles. The molecule has 0 atom stereocenters. The van der Waals surface area contributed by atoms with E-state index in [4.69, 9.17) is 29.6 Å². The van der Waals surface area contributed by atoms with Gasteiger partial charge in [0.15, 0.2) is 5.15 Å². The average Bonchev–Trinajstić information content (AvgIpc) is 2.99. The van der Waals surface area contributed by atoms with Gasteiger partial charge in [-0.15, -0.1) is 6.42 Å². The maximum Gasteiger partial charge on any atom is 0.388 e. The van der Waals surface area contributed by atoms with Crippen molar-refractivity contribution in [1.82, 2.24) is 19.6 Å². The van der Waals surface area contributed by atoms with Gasteiger partial charge >= 0.3 is 6.61 Å². The molecule has 0 amide bonds. The first-order valence-corrected chi connectivity index (χ1v) is 7.45. The van der Waals surface area contributed by atoms with Crippen LogP contribution < -0.4 is 4.74 Å². The van der Waals surface area contributed by atoms with Gasteiger partial charge in [0.05, 0.1) is 5.52 Å². The molecule has 2 aromatic heterocycles. The molecule has 0 unspecified atom stereocenters. The summed E-state index contributed by atoms with van der Waals surface area (Å²) in [5.74, 6) is 2.28. The van der Waals surface area contributed by atoms with Crippen LogP contribution >= 0.6 is 23.2 Å². The zero-order valence-corrected chi connectivity index (χ0v) is 13.8. The molecule has 9 heteroatoms. The van der Waals surface area contributed by atoms with Crippen molar-refractivity contribution in [1.29, 1.82) is 0 Å². The number of fused-ring (bicyclic) bond motifs is 1. The van der Waals surface area contributed by atoms with Crippen LogP contribution in [0.4, 0.5) is 8.78 Å². The van der Waals surface area contributed by atoms with Crippen LogP contribution in [0.1, 0.15) is 0 Å². The largest absolute Gasteiger partial charge is 0.416 e. The molecule has 5 nitrogen and oxygen atoms in total. The zero-order chi connectivity index (χ0) is 17.4. The van der Waals surface area contributed by atoms with E-state index in [9.17, 15) is 8.78 Å². The molecule has 0 fully saturated rings. The van der Waals surface area contributed by atoms with E-state index in [1.54, 1.807) is 22.9 Å². The van der Waals surface area contributed by atoms with Gasteiger partial charge in [-0.1, -0.05) is 35.2 Å². The van der Waals surface area contributed by atoms with Crippen LogP contribution in [0.25, 0.3) is 22.2 Å². The van der Waals surface area contributed by atoms with Gasteiger partial charge in [0, 0.05) is 18.0 Å². The average molecular weight is 371 g/mol. The van der Waals surface area contributed by atoms with Crippen molar-refractivity contribution < 1.29 is 13.5 Å². The van der Waals surface area contributed by atoms with E-state index >= 15 is 0 Å². The van der Waals surface area contributed by atoms with E-state index < -0.39 is 6.61 Å². The highest BCUT2D eigenvalue weighted by Crippen LogP contribution is 2.37. The Bertz CT molecular complexity index is 959. The summed E-state index contributed by atoms with van der Waals surface area (Å²) in [5, 5.41) is 9.33. The van der Waals surface area contributed by atoms with Crippen LogP contribution in [0.5, 0.6) is 5.88 Å². The van der Waals surface area contributed by atoms with Gasteiger partial charge in [0.1, 0.15) is 17.3 Å². The number of benzene rings is 1. The Morgan fingerprint density at radius 3 is 2.75 bits per heavy atom. The monoisotopic (exact) mass is 370 g/mol. The Morgan fingerprint density at radius 1 is 1.33 bits per heavy atom. The fourth-order valence-corrected chi connectivity index (χ4v) is 2.93. The summed E-state index contributed by atoms with van der Waals surface area (Å²) in [6.07, 6.45) is 5.33. The van der Waals surface area contributed by atoms with Crippen LogP contribution in [0.2, 0.25) is 10.2 Å². The van der Waals surface area contributed by atoms with Crippen molar-refractivity contribution in [2.75, 3.05) is 0 Å². The van der Waals surface area contributed by atoms with E-state index in [2.05, 4.69) is 20.9 Å². The van der Waals surface area contributed by atoms with Crippen molar-refractivity contribution in [2.45, 2.75) is 13.2 Å². The van der Waals surface area contributed by atoms with E-state index in [-0.39, 0.29) is 17.4 Å². The zero-order valence-electron chi connectivity index (χ0n) is 12.3. The van der Waals surface area contributed by atoms with E-state index in [1.165, 1.54) is 7.05 Å². The Hall–Kier alpha value is -2.30. The molecule has 0 radical (unpaired) electrons. The molecular weight excluding hydrogens is 361 g/mol. The maximum atomic E-state index is 12.5. The fourth-order valence-electron chi connectivity index (χ4n) is 2.37. The number of hydrogen-bond donors (Lipinski definition) is 0. The van der Waals surface area contributed by atoms with Gasteiger partial charge in [0.25, 0.3) is 0 Å². The second-order valence-corrected chi connectivity index (χ2v) is 5.59. The maximum absolute atomic E-state index is 12.5. The second kappa shape index (κ2) is 6.30. The highest BCUT2D eigenvalue weighted by Gasteiger charge is 2.21. The summed E-state index contributed by atoms with van der Waals surface area (Å²) in [4.78, 5) is 0. The summed E-state index contributed by atoms with van der Waals surface area (Å²) in [7, 11) is 1.46. The minimum absolute atomic E-state index is 0.00809. The molecular formula is C15H10Cl2F2N4O. The van der Waals surface area contributed by atoms with Crippen molar-refractivity contribution in [2.24, 2.45) is 7.05 Å². The molecule has 0 saturated carbocycles. The van der Waals surface area contributed by atoms with Crippen molar-refractivity contribution in [3.63, 3.8) is 0 Å². The molecule has 0 N–H and O–H groups in total. The lowest BCUT2D eigenvalue weighted by Crippen LogP contribution is -2.06. The van der Waals surface area contributed by atoms with E-state index in [1.807, 2.05) is 0 Å². The summed E-state index contributed by atoms with van der Waals surface area (Å²) in [6, 6.07) is 5.20. The first-order valence-electron chi connectivity index (χ1n) is 6.69. The topological polar surface area (TPSA) is 44.9 Å². The number of rotatable bonds is 4. The van der Waals surface area contributed by atoms with E-state index in [0.717, 1.165) is 4.68 Å². The van der Waals surface area contributed by atoms with E-state index in [0.29, 0.717) is 27.3 Å². The first-order chi connectivity index (χ1) is 11.4. The van der Waals surface area contributed by atoms with Crippen molar-refractivity contribution in [3.05, 3.63) is 28.4 Å². The Kier molecular flexibility index (Phi) is 4.35. The molecule has 24 heavy (non-hydrogen) atoms. The molecule has 124 valence electrons. The predicted octanol–water partition coefficient (Wildman–Crippen LogP) is 3.98. The van der Waals surface area contributed by atoms with Crippen molar-refractivity contribution in [3.8, 4) is 29.5 Å². The Morgan fingerprint density at radius 2 is 2.08 bits per heavy atom. The molecule has 0 bridgehead atoms. The van der Waals surface area contributed by atoms with Gasteiger partial charge in [-0.3, -0.25) is 4.68 Å². The number of alkyl halides is 2. The summed E-state index contributed by atoms with van der Waals surface area (Å²) < 4.78 is 32.1. The third-order valence-electron chi connectivity index (χ3n) is 3.36. The molecule has 3 aromatic rings. The lowest BCUT2D eigenvalue weighted by atomic mass is 10.1. The molecule has 0 aliphatic carbocycles. The molecule has 0 aliphatic heterocycles. The van der Waals surface area contributed by atoms with Gasteiger partial charge in [-0.2, -0.15) is 19.0 Å². The third kappa shape index (κ3) is 2.79. The number of aromatic nitrogens is 4. The van der Waals surface area contributed by atoms with Gasteiger partial charge in [0.2, 0.25) is 5.88 Å². The summed E-state index contributed by atoms with van der Waals surface area (Å²) >= 11 is 12.2. The highest BCUT2D eigenvalue weighted by molar-refractivity contribution is 6.35. The minimum atomic E-state index is -3.00. The molecule has 3 rings (SSSR count). The number of halogens is 4. The number of terminal acetylenes is 1. The number of aryl methyl sites for hydroxylation is 1. The number of hydrogen-bond acceptors (Lipinski definition) is 3. The van der Waals surface area contributed by atoms with Gasteiger partial charge in [-0.05, 0) is 12.1 Å².